The number of pyridine rings is 1. The molecule has 1 aromatic rings. The summed E-state index contributed by atoms with van der Waals surface area (Å²) in [6.07, 6.45) is 1.84. The Morgan fingerprint density at radius 2 is 2.14 bits per heavy atom. The third-order valence-electron chi connectivity index (χ3n) is 1.32. The molecule has 0 N–H and O–H groups in total. The Hall–Kier alpha value is -1.08. The van der Waals surface area contributed by atoms with Gasteiger partial charge in [-0.25, -0.2) is 8.78 Å². The fourth-order valence-corrected chi connectivity index (χ4v) is 1.05. The van der Waals surface area contributed by atoms with E-state index in [1.54, 1.807) is 0 Å². The van der Waals surface area contributed by atoms with Crippen molar-refractivity contribution in [1.82, 2.24) is 4.98 Å². The lowest BCUT2D eigenvalue weighted by Crippen LogP contribution is -2.06. The van der Waals surface area contributed by atoms with Crippen LogP contribution in [0.25, 0.3) is 0 Å². The zero-order valence-corrected chi connectivity index (χ0v) is 8.01. The number of hydrogen-bond donors (Lipinski definition) is 0. The Bertz CT molecular complexity index is 433. The van der Waals surface area contributed by atoms with Gasteiger partial charge in [-0.3, -0.25) is 9.17 Å². The van der Waals surface area contributed by atoms with E-state index in [0.717, 1.165) is 18.5 Å². The molecular formula is C7H7F2NO3S. The Morgan fingerprint density at radius 1 is 1.50 bits per heavy atom. The van der Waals surface area contributed by atoms with Crippen LogP contribution in [0.3, 0.4) is 0 Å². The summed E-state index contributed by atoms with van der Waals surface area (Å²) in [6, 6.07) is 0.833. The maximum Gasteiger partial charge on any atom is 0.264 e. The molecule has 0 fully saturated rings. The molecule has 1 aromatic heterocycles. The molecule has 0 aliphatic carbocycles. The first-order valence-electron chi connectivity index (χ1n) is 3.53. The first kappa shape index (κ1) is 11.0. The molecule has 0 aliphatic rings. The predicted molar refractivity (Wildman–Crippen MR) is 43.8 cm³/mol. The largest absolute Gasteiger partial charge is 0.264 e. The maximum atomic E-state index is 12.9. The van der Waals surface area contributed by atoms with E-state index < -0.39 is 28.4 Å². The highest BCUT2D eigenvalue weighted by atomic mass is 32.2. The molecule has 7 heteroatoms. The molecule has 4 nitrogen and oxygen atoms in total. The van der Waals surface area contributed by atoms with Gasteiger partial charge in [0.2, 0.25) is 0 Å². The fraction of sp³-hybridized carbons (Fsp3) is 0.286. The summed E-state index contributed by atoms with van der Waals surface area (Å²) in [7, 11) is -3.68. The van der Waals surface area contributed by atoms with Crippen molar-refractivity contribution in [3.05, 3.63) is 29.6 Å². The lowest BCUT2D eigenvalue weighted by atomic mass is 10.3. The van der Waals surface area contributed by atoms with Crippen molar-refractivity contribution in [2.75, 3.05) is 6.26 Å². The fourth-order valence-electron chi connectivity index (χ4n) is 0.724. The van der Waals surface area contributed by atoms with Gasteiger partial charge >= 0.3 is 0 Å². The zero-order chi connectivity index (χ0) is 10.8. The van der Waals surface area contributed by atoms with Gasteiger partial charge in [0.25, 0.3) is 10.1 Å². The highest BCUT2D eigenvalue weighted by Crippen LogP contribution is 2.09. The minimum atomic E-state index is -3.68. The van der Waals surface area contributed by atoms with Crippen molar-refractivity contribution in [2.45, 2.75) is 6.61 Å². The third-order valence-corrected chi connectivity index (χ3v) is 1.87. The molecule has 0 amide bonds. The van der Waals surface area contributed by atoms with Gasteiger partial charge in [0.05, 0.1) is 6.26 Å². The van der Waals surface area contributed by atoms with Gasteiger partial charge in [0.15, 0.2) is 11.6 Å². The minimum Gasteiger partial charge on any atom is -0.264 e. The van der Waals surface area contributed by atoms with Crippen LogP contribution in [0.15, 0.2) is 12.3 Å². The third kappa shape index (κ3) is 3.00. The van der Waals surface area contributed by atoms with Crippen LogP contribution in [0.2, 0.25) is 0 Å². The minimum absolute atomic E-state index is 0.379. The van der Waals surface area contributed by atoms with E-state index in [2.05, 4.69) is 9.17 Å². The summed E-state index contributed by atoms with van der Waals surface area (Å²) in [5.74, 6) is -2.29. The second kappa shape index (κ2) is 3.97. The summed E-state index contributed by atoms with van der Waals surface area (Å²) >= 11 is 0. The molecule has 0 atom stereocenters. The van der Waals surface area contributed by atoms with Crippen LogP contribution >= 0.6 is 0 Å². The second-order valence-electron chi connectivity index (χ2n) is 2.52. The SMILES string of the molecule is CS(=O)(=O)OCc1nccc(F)c1F. The van der Waals surface area contributed by atoms with Crippen LogP contribution in [0.4, 0.5) is 8.78 Å². The van der Waals surface area contributed by atoms with Crippen LogP contribution in [-0.4, -0.2) is 19.7 Å². The summed E-state index contributed by atoms with van der Waals surface area (Å²) in [5, 5.41) is 0. The van der Waals surface area contributed by atoms with Gasteiger partial charge in [-0.05, 0) is 6.07 Å². The van der Waals surface area contributed by atoms with E-state index in [1.165, 1.54) is 0 Å². The van der Waals surface area contributed by atoms with Gasteiger partial charge in [0, 0.05) is 6.20 Å². The molecule has 0 aliphatic heterocycles. The summed E-state index contributed by atoms with van der Waals surface area (Å²) < 4.78 is 50.8. The van der Waals surface area contributed by atoms with Crippen LogP contribution in [0, 0.1) is 11.6 Å². The first-order valence-corrected chi connectivity index (χ1v) is 5.35. The number of hydrogen-bond acceptors (Lipinski definition) is 4. The topological polar surface area (TPSA) is 56.3 Å². The first-order chi connectivity index (χ1) is 6.40. The van der Waals surface area contributed by atoms with Crippen LogP contribution < -0.4 is 0 Å². The molecule has 0 saturated heterocycles. The van der Waals surface area contributed by atoms with Crippen molar-refractivity contribution in [1.29, 1.82) is 0 Å². The molecule has 1 heterocycles. The van der Waals surface area contributed by atoms with E-state index in [9.17, 15) is 17.2 Å². The van der Waals surface area contributed by atoms with Crippen LogP contribution in [-0.2, 0) is 20.9 Å². The lowest BCUT2D eigenvalue weighted by molar-refractivity contribution is 0.297. The summed E-state index contributed by atoms with van der Waals surface area (Å²) in [6.45, 7) is -0.609. The monoisotopic (exact) mass is 223 g/mol. The molecular weight excluding hydrogens is 216 g/mol. The molecule has 0 aromatic carbocycles. The number of nitrogens with zero attached hydrogens (tertiary/aromatic N) is 1. The van der Waals surface area contributed by atoms with E-state index >= 15 is 0 Å². The molecule has 1 rings (SSSR count). The second-order valence-corrected chi connectivity index (χ2v) is 4.16. The summed E-state index contributed by atoms with van der Waals surface area (Å²) in [5.41, 5.74) is -0.379. The number of halogens is 2. The molecule has 0 saturated carbocycles. The van der Waals surface area contributed by atoms with E-state index in [1.807, 2.05) is 0 Å². The molecule has 14 heavy (non-hydrogen) atoms. The van der Waals surface area contributed by atoms with Gasteiger partial charge in [-0.1, -0.05) is 0 Å². The molecule has 0 unspecified atom stereocenters. The molecule has 0 bridgehead atoms. The van der Waals surface area contributed by atoms with Crippen molar-refractivity contribution >= 4 is 10.1 Å². The predicted octanol–water partition coefficient (Wildman–Crippen LogP) is 0.836. The van der Waals surface area contributed by atoms with Crippen molar-refractivity contribution < 1.29 is 21.4 Å². The van der Waals surface area contributed by atoms with Crippen LogP contribution in [0.1, 0.15) is 5.69 Å². The molecule has 0 radical (unpaired) electrons. The highest BCUT2D eigenvalue weighted by Gasteiger charge is 2.11. The van der Waals surface area contributed by atoms with E-state index in [-0.39, 0.29) is 5.69 Å². The maximum absolute atomic E-state index is 12.9. The number of rotatable bonds is 3. The average Bonchev–Trinajstić information content (AvgIpc) is 2.06. The lowest BCUT2D eigenvalue weighted by Gasteiger charge is -2.02. The van der Waals surface area contributed by atoms with E-state index in [4.69, 9.17) is 0 Å². The Labute approximate surface area is 79.7 Å². The normalized spacial score (nSPS) is 11.6. The van der Waals surface area contributed by atoms with Gasteiger partial charge < -0.3 is 0 Å². The summed E-state index contributed by atoms with van der Waals surface area (Å²) in [4.78, 5) is 3.44. The highest BCUT2D eigenvalue weighted by molar-refractivity contribution is 7.85. The van der Waals surface area contributed by atoms with Gasteiger partial charge in [-0.15, -0.1) is 0 Å². The van der Waals surface area contributed by atoms with Crippen molar-refractivity contribution in [2.24, 2.45) is 0 Å². The Kier molecular flexibility index (Phi) is 3.12. The van der Waals surface area contributed by atoms with E-state index in [0.29, 0.717) is 0 Å². The van der Waals surface area contributed by atoms with Gasteiger partial charge in [-0.2, -0.15) is 8.42 Å². The molecule has 0 spiro atoms. The van der Waals surface area contributed by atoms with Crippen LogP contribution in [0.5, 0.6) is 0 Å². The zero-order valence-electron chi connectivity index (χ0n) is 7.20. The Balaban J connectivity index is 2.83. The quantitative estimate of drug-likeness (QED) is 0.712. The average molecular weight is 223 g/mol. The molecule has 78 valence electrons. The van der Waals surface area contributed by atoms with Crippen molar-refractivity contribution in [3.63, 3.8) is 0 Å². The van der Waals surface area contributed by atoms with Gasteiger partial charge in [0.1, 0.15) is 12.3 Å². The standard InChI is InChI=1S/C7H7F2NO3S/c1-14(11,12)13-4-6-7(9)5(8)2-3-10-6/h2-3H,4H2,1H3. The Morgan fingerprint density at radius 3 is 2.71 bits per heavy atom. The smallest absolute Gasteiger partial charge is 0.264 e. The van der Waals surface area contributed by atoms with Crippen molar-refractivity contribution in [3.8, 4) is 0 Å². The number of aromatic nitrogens is 1.